The first-order valence-corrected chi connectivity index (χ1v) is 13.7. The van der Waals surface area contributed by atoms with E-state index in [0.717, 1.165) is 11.3 Å². The average molecular weight is 550 g/mol. The van der Waals surface area contributed by atoms with Gasteiger partial charge in [-0.25, -0.2) is 0 Å². The van der Waals surface area contributed by atoms with Gasteiger partial charge in [0.1, 0.15) is 24.2 Å². The van der Waals surface area contributed by atoms with E-state index in [1.165, 1.54) is 11.3 Å². The fourth-order valence-corrected chi connectivity index (χ4v) is 5.59. The summed E-state index contributed by atoms with van der Waals surface area (Å²) in [7, 11) is 3.37. The van der Waals surface area contributed by atoms with Gasteiger partial charge in [-0.3, -0.25) is 14.4 Å². The number of anilines is 1. The number of fused-ring (bicyclic) bond motifs is 2. The molecule has 2 N–H and O–H groups in total. The van der Waals surface area contributed by atoms with E-state index in [-0.39, 0.29) is 49.0 Å². The van der Waals surface area contributed by atoms with Crippen LogP contribution in [-0.2, 0) is 16.1 Å². The molecule has 2 aliphatic rings. The molecule has 204 valence electrons. The monoisotopic (exact) mass is 549 g/mol. The summed E-state index contributed by atoms with van der Waals surface area (Å²) in [6.07, 6.45) is 0.936. The Balaban J connectivity index is 1.20. The van der Waals surface area contributed by atoms with Crippen molar-refractivity contribution in [2.75, 3.05) is 26.1 Å². The number of likely N-dealkylation sites (N-methyl/N-ethyl adjacent to an activating group) is 1. The van der Waals surface area contributed by atoms with Gasteiger partial charge < -0.3 is 29.7 Å². The third kappa shape index (κ3) is 6.23. The molecule has 0 saturated carbocycles. The van der Waals surface area contributed by atoms with Crippen LogP contribution in [0.1, 0.15) is 44.9 Å². The summed E-state index contributed by atoms with van der Waals surface area (Å²) in [6.45, 7) is 0.653. The van der Waals surface area contributed by atoms with Crippen LogP contribution >= 0.6 is 11.3 Å². The molecule has 3 amide bonds. The van der Waals surface area contributed by atoms with E-state index in [1.807, 2.05) is 35.7 Å². The highest BCUT2D eigenvalue weighted by Gasteiger charge is 2.39. The third-order valence-electron chi connectivity index (χ3n) is 7.05. The van der Waals surface area contributed by atoms with Crippen LogP contribution < -0.4 is 20.1 Å². The highest BCUT2D eigenvalue weighted by Crippen LogP contribution is 2.32. The molecule has 3 heterocycles. The predicted molar refractivity (Wildman–Crippen MR) is 147 cm³/mol. The molecule has 39 heavy (non-hydrogen) atoms. The molecule has 5 rings (SSSR count). The van der Waals surface area contributed by atoms with Crippen molar-refractivity contribution in [2.24, 2.45) is 0 Å². The van der Waals surface area contributed by atoms with Gasteiger partial charge in [0.05, 0.1) is 36.1 Å². The van der Waals surface area contributed by atoms with Crippen LogP contribution in [0.25, 0.3) is 0 Å². The van der Waals surface area contributed by atoms with E-state index in [0.29, 0.717) is 41.3 Å². The minimum atomic E-state index is -0.366. The zero-order valence-electron chi connectivity index (χ0n) is 21.8. The summed E-state index contributed by atoms with van der Waals surface area (Å²) in [5.74, 6) is 0.648. The van der Waals surface area contributed by atoms with Crippen LogP contribution in [0.5, 0.6) is 11.5 Å². The number of nitrogens with zero attached hydrogens (tertiary/aromatic N) is 1. The molecular formula is C29H31N3O6S. The second kappa shape index (κ2) is 11.9. The van der Waals surface area contributed by atoms with E-state index in [9.17, 15) is 14.4 Å². The number of rotatable bonds is 7. The third-order valence-corrected chi connectivity index (χ3v) is 7.92. The predicted octanol–water partition coefficient (Wildman–Crippen LogP) is 4.10. The molecule has 0 aliphatic carbocycles. The van der Waals surface area contributed by atoms with Crippen molar-refractivity contribution in [3.05, 3.63) is 76.0 Å². The number of hydrogen-bond acceptors (Lipinski definition) is 7. The van der Waals surface area contributed by atoms with Crippen LogP contribution in [0.15, 0.2) is 60.0 Å². The van der Waals surface area contributed by atoms with Crippen molar-refractivity contribution in [3.8, 4) is 11.5 Å². The Morgan fingerprint density at radius 1 is 1.13 bits per heavy atom. The Hall–Kier alpha value is -3.89. The summed E-state index contributed by atoms with van der Waals surface area (Å²) in [6, 6.07) is 16.0. The largest absolute Gasteiger partial charge is 0.497 e. The highest BCUT2D eigenvalue weighted by atomic mass is 32.1. The molecule has 0 unspecified atom stereocenters. The van der Waals surface area contributed by atoms with Gasteiger partial charge in [-0.15, -0.1) is 11.3 Å². The van der Waals surface area contributed by atoms with Gasteiger partial charge in [0, 0.05) is 19.3 Å². The Morgan fingerprint density at radius 2 is 2.00 bits per heavy atom. The average Bonchev–Trinajstić information content (AvgIpc) is 3.50. The van der Waals surface area contributed by atoms with Crippen molar-refractivity contribution < 1.29 is 28.6 Å². The topological polar surface area (TPSA) is 106 Å². The van der Waals surface area contributed by atoms with Crippen LogP contribution in [0.2, 0.25) is 0 Å². The highest BCUT2D eigenvalue weighted by molar-refractivity contribution is 7.12. The van der Waals surface area contributed by atoms with E-state index in [2.05, 4.69) is 10.6 Å². The van der Waals surface area contributed by atoms with Gasteiger partial charge in [0.15, 0.2) is 0 Å². The number of nitrogens with one attached hydrogen (secondary N) is 2. The van der Waals surface area contributed by atoms with Gasteiger partial charge in [-0.1, -0.05) is 18.2 Å². The van der Waals surface area contributed by atoms with Crippen LogP contribution in [0, 0.1) is 0 Å². The molecule has 1 saturated heterocycles. The van der Waals surface area contributed by atoms with Crippen molar-refractivity contribution in [1.82, 2.24) is 10.2 Å². The molecule has 1 aromatic heterocycles. The van der Waals surface area contributed by atoms with E-state index in [1.54, 1.807) is 43.3 Å². The lowest BCUT2D eigenvalue weighted by atomic mass is 9.94. The van der Waals surface area contributed by atoms with Gasteiger partial charge in [0.2, 0.25) is 5.91 Å². The minimum Gasteiger partial charge on any atom is -0.497 e. The van der Waals surface area contributed by atoms with Crippen molar-refractivity contribution in [3.63, 3.8) is 0 Å². The lowest BCUT2D eigenvalue weighted by molar-refractivity contribution is -0.134. The fourth-order valence-electron chi connectivity index (χ4n) is 4.97. The number of carbonyl (C=O) groups is 3. The molecule has 2 aromatic carbocycles. The van der Waals surface area contributed by atoms with E-state index >= 15 is 0 Å². The maximum Gasteiger partial charge on any atom is 0.265 e. The molecule has 3 atom stereocenters. The number of benzene rings is 2. The summed E-state index contributed by atoms with van der Waals surface area (Å²) in [5, 5.41) is 7.63. The number of thiophene rings is 1. The quantitative estimate of drug-likeness (QED) is 0.460. The Bertz CT molecular complexity index is 1340. The van der Waals surface area contributed by atoms with E-state index < -0.39 is 0 Å². The Morgan fingerprint density at radius 3 is 2.79 bits per heavy atom. The smallest absolute Gasteiger partial charge is 0.265 e. The molecule has 0 spiro atoms. The fraction of sp³-hybridized carbons (Fsp3) is 0.345. The van der Waals surface area contributed by atoms with E-state index in [4.69, 9.17) is 14.2 Å². The lowest BCUT2D eigenvalue weighted by Gasteiger charge is -2.42. The second-order valence-corrected chi connectivity index (χ2v) is 10.6. The lowest BCUT2D eigenvalue weighted by Crippen LogP contribution is -2.53. The van der Waals surface area contributed by atoms with Crippen LogP contribution in [0.3, 0.4) is 0 Å². The first kappa shape index (κ1) is 26.7. The number of amides is 3. The molecule has 0 bridgehead atoms. The summed E-state index contributed by atoms with van der Waals surface area (Å²) < 4.78 is 17.6. The molecule has 10 heteroatoms. The SMILES string of the molecule is COc1cccc(CNC(=O)C[C@H]2CC[C@H]3[C@@H](COc4ccc(NC(=O)c5cccs5)cc4C(=O)N3C)O2)c1. The molecule has 3 aromatic rings. The van der Waals surface area contributed by atoms with Gasteiger partial charge >= 0.3 is 0 Å². The zero-order valence-corrected chi connectivity index (χ0v) is 22.7. The molecule has 0 radical (unpaired) electrons. The Labute approximate surface area is 231 Å². The second-order valence-electron chi connectivity index (χ2n) is 9.64. The maximum atomic E-state index is 13.4. The molecule has 1 fully saturated rings. The maximum absolute atomic E-state index is 13.4. The van der Waals surface area contributed by atoms with Crippen LogP contribution in [-0.4, -0.2) is 61.6 Å². The number of hydrogen-bond donors (Lipinski definition) is 2. The van der Waals surface area contributed by atoms with Gasteiger partial charge in [-0.2, -0.15) is 0 Å². The molecular weight excluding hydrogens is 518 g/mol. The number of ether oxygens (including phenoxy) is 3. The number of methoxy groups -OCH3 is 1. The van der Waals surface area contributed by atoms with Crippen molar-refractivity contribution in [1.29, 1.82) is 0 Å². The van der Waals surface area contributed by atoms with Crippen LogP contribution in [0.4, 0.5) is 5.69 Å². The van der Waals surface area contributed by atoms with Gasteiger partial charge in [-0.05, 0) is 60.2 Å². The summed E-state index contributed by atoms with van der Waals surface area (Å²) in [4.78, 5) is 40.8. The standard InChI is InChI=1S/C29H31N3O6S/c1-32-23-10-9-21(15-27(33)30-16-18-5-3-6-20(13-18)36-2)38-25(23)17-37-24-11-8-19(14-22(24)29(32)35)31-28(34)26-7-4-12-39-26/h3-8,11-14,21,23,25H,9-10,15-17H2,1-2H3,(H,30,33)(H,31,34)/t21-,23+,25-/m1/s1. The first-order chi connectivity index (χ1) is 18.9. The minimum absolute atomic E-state index is 0.0973. The van der Waals surface area contributed by atoms with Gasteiger partial charge in [0.25, 0.3) is 11.8 Å². The first-order valence-electron chi connectivity index (χ1n) is 12.8. The molecule has 2 aliphatic heterocycles. The summed E-state index contributed by atoms with van der Waals surface area (Å²) in [5.41, 5.74) is 1.86. The Kier molecular flexibility index (Phi) is 8.13. The van der Waals surface area contributed by atoms with Crippen molar-refractivity contribution in [2.45, 2.75) is 44.1 Å². The summed E-state index contributed by atoms with van der Waals surface area (Å²) >= 11 is 1.35. The molecule has 9 nitrogen and oxygen atoms in total. The zero-order chi connectivity index (χ0) is 27.4. The number of carbonyl (C=O) groups excluding carboxylic acids is 3. The normalized spacial score (nSPS) is 20.5. The van der Waals surface area contributed by atoms with Crippen molar-refractivity contribution >= 4 is 34.7 Å².